The van der Waals surface area contributed by atoms with Gasteiger partial charge in [0.1, 0.15) is 12.7 Å². The maximum atomic E-state index is 11.3. The molecule has 5 nitrogen and oxygen atoms in total. The first-order valence-corrected chi connectivity index (χ1v) is 3.73. The Labute approximate surface area is 69.4 Å². The van der Waals surface area contributed by atoms with Crippen molar-refractivity contribution in [3.63, 3.8) is 0 Å². The molecule has 2 rings (SSSR count). The van der Waals surface area contributed by atoms with Crippen LogP contribution in [0.25, 0.3) is 0 Å². The second kappa shape index (κ2) is 2.30. The van der Waals surface area contributed by atoms with E-state index in [4.69, 9.17) is 0 Å². The van der Waals surface area contributed by atoms with Gasteiger partial charge < -0.3 is 4.74 Å². The van der Waals surface area contributed by atoms with E-state index in [0.29, 0.717) is 0 Å². The van der Waals surface area contributed by atoms with Crippen LogP contribution in [-0.2, 0) is 15.1 Å². The molecule has 1 aromatic rings. The number of hydrogen-bond acceptors (Lipinski definition) is 4. The lowest BCUT2D eigenvalue weighted by atomic mass is 10.3. The van der Waals surface area contributed by atoms with Gasteiger partial charge in [-0.15, -0.1) is 0 Å². The summed E-state index contributed by atoms with van der Waals surface area (Å²) in [5.41, 5.74) is -0.536. The van der Waals surface area contributed by atoms with Gasteiger partial charge in [-0.05, 0) is 12.8 Å². The number of methoxy groups -OCH3 is 1. The van der Waals surface area contributed by atoms with Crippen LogP contribution in [0.1, 0.15) is 12.8 Å². The number of carbonyl (C=O) groups excluding carboxylic acids is 1. The molecule has 0 spiro atoms. The molecule has 0 amide bonds. The number of ether oxygens (including phenoxy) is 1. The maximum absolute atomic E-state index is 11.3. The smallest absolute Gasteiger partial charge is 0.333 e. The predicted molar refractivity (Wildman–Crippen MR) is 39.2 cm³/mol. The van der Waals surface area contributed by atoms with Crippen molar-refractivity contribution in [3.05, 3.63) is 12.7 Å². The molecule has 0 aliphatic heterocycles. The van der Waals surface area contributed by atoms with Crippen LogP contribution in [0.5, 0.6) is 0 Å². The molecule has 0 saturated heterocycles. The maximum Gasteiger partial charge on any atom is 0.333 e. The Morgan fingerprint density at radius 3 is 2.83 bits per heavy atom. The van der Waals surface area contributed by atoms with Crippen molar-refractivity contribution in [1.82, 2.24) is 14.8 Å². The second-order valence-electron chi connectivity index (χ2n) is 2.86. The van der Waals surface area contributed by atoms with Gasteiger partial charge in [-0.2, -0.15) is 5.10 Å². The fraction of sp³-hybridized carbons (Fsp3) is 0.571. The van der Waals surface area contributed by atoms with Crippen molar-refractivity contribution in [2.75, 3.05) is 7.11 Å². The monoisotopic (exact) mass is 167 g/mol. The highest BCUT2D eigenvalue weighted by Gasteiger charge is 2.54. The minimum absolute atomic E-state index is 0.229. The van der Waals surface area contributed by atoms with E-state index in [9.17, 15) is 4.79 Å². The quantitative estimate of drug-likeness (QED) is 0.579. The van der Waals surface area contributed by atoms with E-state index >= 15 is 0 Å². The van der Waals surface area contributed by atoms with Crippen LogP contribution in [0.4, 0.5) is 0 Å². The lowest BCUT2D eigenvalue weighted by Crippen LogP contribution is -2.29. The van der Waals surface area contributed by atoms with E-state index < -0.39 is 5.54 Å². The number of nitrogens with zero attached hydrogens (tertiary/aromatic N) is 3. The van der Waals surface area contributed by atoms with Crippen LogP contribution in [0.2, 0.25) is 0 Å². The molecule has 0 aromatic carbocycles. The first-order chi connectivity index (χ1) is 5.79. The summed E-state index contributed by atoms with van der Waals surface area (Å²) in [7, 11) is 1.39. The van der Waals surface area contributed by atoms with Crippen LogP contribution >= 0.6 is 0 Å². The average Bonchev–Trinajstić information content (AvgIpc) is 2.73. The molecule has 12 heavy (non-hydrogen) atoms. The average molecular weight is 167 g/mol. The molecular formula is C7H9N3O2. The van der Waals surface area contributed by atoms with Gasteiger partial charge in [0.25, 0.3) is 0 Å². The summed E-state index contributed by atoms with van der Waals surface area (Å²) >= 11 is 0. The molecule has 0 bridgehead atoms. The first-order valence-electron chi connectivity index (χ1n) is 3.73. The molecule has 1 saturated carbocycles. The molecular weight excluding hydrogens is 158 g/mol. The number of rotatable bonds is 2. The summed E-state index contributed by atoms with van der Waals surface area (Å²) in [6.07, 6.45) is 4.55. The van der Waals surface area contributed by atoms with E-state index in [1.807, 2.05) is 0 Å². The Bertz CT molecular complexity index is 290. The SMILES string of the molecule is COC(=O)C1(n2cncn2)CC1. The van der Waals surface area contributed by atoms with Gasteiger partial charge >= 0.3 is 5.97 Å². The second-order valence-corrected chi connectivity index (χ2v) is 2.86. The third-order valence-corrected chi connectivity index (χ3v) is 2.15. The largest absolute Gasteiger partial charge is 0.467 e. The van der Waals surface area contributed by atoms with Gasteiger partial charge in [0.05, 0.1) is 7.11 Å². The van der Waals surface area contributed by atoms with Crippen molar-refractivity contribution in [3.8, 4) is 0 Å². The van der Waals surface area contributed by atoms with Crippen LogP contribution < -0.4 is 0 Å². The van der Waals surface area contributed by atoms with Crippen LogP contribution in [0.3, 0.4) is 0 Å². The third kappa shape index (κ3) is 0.823. The molecule has 0 N–H and O–H groups in total. The molecule has 1 aromatic heterocycles. The molecule has 1 aliphatic rings. The molecule has 0 radical (unpaired) electrons. The van der Waals surface area contributed by atoms with Gasteiger partial charge in [0.15, 0.2) is 5.54 Å². The summed E-state index contributed by atoms with van der Waals surface area (Å²) in [6, 6.07) is 0. The minimum atomic E-state index is -0.536. The van der Waals surface area contributed by atoms with Crippen molar-refractivity contribution < 1.29 is 9.53 Å². The summed E-state index contributed by atoms with van der Waals surface area (Å²) in [5, 5.41) is 3.92. The number of carbonyl (C=O) groups is 1. The van der Waals surface area contributed by atoms with Crippen molar-refractivity contribution >= 4 is 5.97 Å². The minimum Gasteiger partial charge on any atom is -0.467 e. The molecule has 0 atom stereocenters. The number of aromatic nitrogens is 3. The van der Waals surface area contributed by atoms with Gasteiger partial charge in [0.2, 0.25) is 0 Å². The first kappa shape index (κ1) is 7.27. The van der Waals surface area contributed by atoms with Gasteiger partial charge in [-0.3, -0.25) is 0 Å². The molecule has 1 heterocycles. The number of esters is 1. The Balaban J connectivity index is 2.28. The zero-order valence-electron chi connectivity index (χ0n) is 6.73. The van der Waals surface area contributed by atoms with Crippen LogP contribution in [0, 0.1) is 0 Å². The Kier molecular flexibility index (Phi) is 1.39. The van der Waals surface area contributed by atoms with E-state index in [1.54, 1.807) is 11.0 Å². The van der Waals surface area contributed by atoms with Crippen molar-refractivity contribution in [2.24, 2.45) is 0 Å². The molecule has 64 valence electrons. The summed E-state index contributed by atoms with van der Waals surface area (Å²) in [6.45, 7) is 0. The normalized spacial score (nSPS) is 18.8. The Morgan fingerprint density at radius 1 is 1.67 bits per heavy atom. The van der Waals surface area contributed by atoms with E-state index in [0.717, 1.165) is 12.8 Å². The third-order valence-electron chi connectivity index (χ3n) is 2.15. The zero-order chi connectivity index (χ0) is 8.60. The van der Waals surface area contributed by atoms with Gasteiger partial charge in [-0.25, -0.2) is 14.5 Å². The number of hydrogen-bond donors (Lipinski definition) is 0. The predicted octanol–water partition coefficient (Wildman–Crippen LogP) is -0.0598. The summed E-state index contributed by atoms with van der Waals surface area (Å²) in [4.78, 5) is 15.1. The highest BCUT2D eigenvalue weighted by Crippen LogP contribution is 2.43. The lowest BCUT2D eigenvalue weighted by molar-refractivity contribution is -0.146. The van der Waals surface area contributed by atoms with Crippen molar-refractivity contribution in [2.45, 2.75) is 18.4 Å². The highest BCUT2D eigenvalue weighted by molar-refractivity contribution is 5.81. The fourth-order valence-electron chi connectivity index (χ4n) is 1.26. The topological polar surface area (TPSA) is 57.0 Å². The Hall–Kier alpha value is -1.39. The lowest BCUT2D eigenvalue weighted by Gasteiger charge is -2.11. The van der Waals surface area contributed by atoms with Crippen molar-refractivity contribution in [1.29, 1.82) is 0 Å². The van der Waals surface area contributed by atoms with E-state index in [1.165, 1.54) is 13.4 Å². The zero-order valence-corrected chi connectivity index (χ0v) is 6.73. The molecule has 5 heteroatoms. The van der Waals surface area contributed by atoms with Gasteiger partial charge in [0, 0.05) is 0 Å². The fourth-order valence-corrected chi connectivity index (χ4v) is 1.26. The molecule has 0 unspecified atom stereocenters. The standard InChI is InChI=1S/C7H9N3O2/c1-12-6(11)7(2-3-7)10-5-8-4-9-10/h4-5H,2-3H2,1H3. The highest BCUT2D eigenvalue weighted by atomic mass is 16.5. The van der Waals surface area contributed by atoms with Crippen LogP contribution in [0.15, 0.2) is 12.7 Å². The van der Waals surface area contributed by atoms with E-state index in [-0.39, 0.29) is 5.97 Å². The Morgan fingerprint density at radius 2 is 2.42 bits per heavy atom. The summed E-state index contributed by atoms with van der Waals surface area (Å²) < 4.78 is 6.24. The van der Waals surface area contributed by atoms with Crippen LogP contribution in [-0.4, -0.2) is 27.8 Å². The van der Waals surface area contributed by atoms with Gasteiger partial charge in [-0.1, -0.05) is 0 Å². The molecule has 1 aliphatic carbocycles. The van der Waals surface area contributed by atoms with E-state index in [2.05, 4.69) is 14.8 Å². The molecule has 1 fully saturated rings. The summed E-state index contributed by atoms with van der Waals surface area (Å²) in [5.74, 6) is -0.229.